The van der Waals surface area contributed by atoms with Crippen molar-refractivity contribution < 1.29 is 9.53 Å². The number of nitrogens with zero attached hydrogens (tertiary/aromatic N) is 1. The number of fused-ring (bicyclic) bond motifs is 1. The van der Waals surface area contributed by atoms with Crippen LogP contribution in [0, 0.1) is 13.8 Å². The van der Waals surface area contributed by atoms with Crippen LogP contribution in [0.25, 0.3) is 0 Å². The highest BCUT2D eigenvalue weighted by Crippen LogP contribution is 2.38. The number of para-hydroxylation sites is 1. The molecule has 3 aromatic rings. The minimum absolute atomic E-state index is 0.0206. The molecule has 2 N–H and O–H groups in total. The van der Waals surface area contributed by atoms with Crippen molar-refractivity contribution in [1.82, 2.24) is 4.98 Å². The van der Waals surface area contributed by atoms with Crippen molar-refractivity contribution in [3.05, 3.63) is 77.1 Å². The summed E-state index contributed by atoms with van der Waals surface area (Å²) in [4.78, 5) is 18.5. The van der Waals surface area contributed by atoms with Crippen LogP contribution in [0.4, 0.5) is 11.4 Å². The molecule has 5 heteroatoms. The number of hydrogen-bond acceptors (Lipinski definition) is 3. The van der Waals surface area contributed by atoms with Crippen molar-refractivity contribution in [1.29, 1.82) is 0 Å². The SMILES string of the molecule is COc1ccc(N2C(=O)c3ccccc3N[C@H]2c2cc(C)[nH]c2C)cc1. The van der Waals surface area contributed by atoms with Crippen LogP contribution in [0.2, 0.25) is 0 Å². The second-order valence-electron chi connectivity index (χ2n) is 6.50. The highest BCUT2D eigenvalue weighted by molar-refractivity contribution is 6.12. The van der Waals surface area contributed by atoms with Crippen LogP contribution < -0.4 is 15.0 Å². The number of carbonyl (C=O) groups excluding carboxylic acids is 1. The summed E-state index contributed by atoms with van der Waals surface area (Å²) < 4.78 is 5.25. The molecule has 132 valence electrons. The summed E-state index contributed by atoms with van der Waals surface area (Å²) >= 11 is 0. The minimum Gasteiger partial charge on any atom is -0.497 e. The average molecular weight is 347 g/mol. The van der Waals surface area contributed by atoms with E-state index in [2.05, 4.69) is 16.4 Å². The summed E-state index contributed by atoms with van der Waals surface area (Å²) in [5, 5.41) is 3.53. The number of aryl methyl sites for hydroxylation is 2. The van der Waals surface area contributed by atoms with E-state index in [1.165, 1.54) is 0 Å². The Morgan fingerprint density at radius 1 is 1.04 bits per heavy atom. The highest BCUT2D eigenvalue weighted by Gasteiger charge is 2.35. The predicted molar refractivity (Wildman–Crippen MR) is 103 cm³/mol. The summed E-state index contributed by atoms with van der Waals surface area (Å²) in [6, 6.07) is 17.3. The Balaban J connectivity index is 1.85. The van der Waals surface area contributed by atoms with E-state index >= 15 is 0 Å². The lowest BCUT2D eigenvalue weighted by atomic mass is 10.0. The van der Waals surface area contributed by atoms with Crippen molar-refractivity contribution in [2.75, 3.05) is 17.3 Å². The zero-order valence-corrected chi connectivity index (χ0v) is 15.0. The van der Waals surface area contributed by atoms with Crippen LogP contribution in [0.1, 0.15) is 33.5 Å². The Hall–Kier alpha value is -3.21. The zero-order valence-electron chi connectivity index (χ0n) is 15.0. The summed E-state index contributed by atoms with van der Waals surface area (Å²) in [5.41, 5.74) is 5.52. The largest absolute Gasteiger partial charge is 0.497 e. The molecule has 4 rings (SSSR count). The van der Waals surface area contributed by atoms with E-state index in [0.29, 0.717) is 5.56 Å². The number of methoxy groups -OCH3 is 1. The maximum absolute atomic E-state index is 13.3. The van der Waals surface area contributed by atoms with Crippen LogP contribution in [0.15, 0.2) is 54.6 Å². The molecule has 0 saturated heterocycles. The molecule has 2 heterocycles. The third-order valence-electron chi connectivity index (χ3n) is 4.76. The minimum atomic E-state index is -0.282. The summed E-state index contributed by atoms with van der Waals surface area (Å²) in [7, 11) is 1.63. The van der Waals surface area contributed by atoms with Gasteiger partial charge in [0.05, 0.1) is 12.7 Å². The highest BCUT2D eigenvalue weighted by atomic mass is 16.5. The summed E-state index contributed by atoms with van der Waals surface area (Å²) in [5.74, 6) is 0.740. The number of nitrogens with one attached hydrogen (secondary N) is 2. The molecule has 0 radical (unpaired) electrons. The van der Waals surface area contributed by atoms with Crippen molar-refractivity contribution in [2.24, 2.45) is 0 Å². The molecule has 0 fully saturated rings. The Morgan fingerprint density at radius 3 is 2.42 bits per heavy atom. The molecule has 1 atom stereocenters. The van der Waals surface area contributed by atoms with Crippen LogP contribution in [0.3, 0.4) is 0 Å². The summed E-state index contributed by atoms with van der Waals surface area (Å²) in [6.07, 6.45) is -0.282. The molecule has 1 aromatic heterocycles. The van der Waals surface area contributed by atoms with Crippen molar-refractivity contribution >= 4 is 17.3 Å². The van der Waals surface area contributed by atoms with E-state index in [1.807, 2.05) is 62.4 Å². The molecule has 0 bridgehead atoms. The molecule has 0 saturated carbocycles. The van der Waals surface area contributed by atoms with Gasteiger partial charge in [0.2, 0.25) is 0 Å². The van der Waals surface area contributed by atoms with Gasteiger partial charge in [0.1, 0.15) is 11.9 Å². The number of amides is 1. The second kappa shape index (κ2) is 6.26. The second-order valence-corrected chi connectivity index (χ2v) is 6.50. The Labute approximate surface area is 152 Å². The lowest BCUT2D eigenvalue weighted by Gasteiger charge is -2.38. The molecular formula is C21H21N3O2. The van der Waals surface area contributed by atoms with Gasteiger partial charge in [-0.15, -0.1) is 0 Å². The normalized spacial score (nSPS) is 16.2. The van der Waals surface area contributed by atoms with E-state index in [1.54, 1.807) is 12.0 Å². The molecule has 0 unspecified atom stereocenters. The van der Waals surface area contributed by atoms with Crippen LogP contribution in [-0.2, 0) is 0 Å². The number of anilines is 2. The van der Waals surface area contributed by atoms with Gasteiger partial charge in [-0.3, -0.25) is 9.69 Å². The van der Waals surface area contributed by atoms with E-state index in [9.17, 15) is 4.79 Å². The molecule has 5 nitrogen and oxygen atoms in total. The number of H-pyrrole nitrogens is 1. The molecular weight excluding hydrogens is 326 g/mol. The van der Waals surface area contributed by atoms with Crippen molar-refractivity contribution in [3.63, 3.8) is 0 Å². The van der Waals surface area contributed by atoms with Gasteiger partial charge in [-0.1, -0.05) is 12.1 Å². The first-order valence-corrected chi connectivity index (χ1v) is 8.58. The van der Waals surface area contributed by atoms with Crippen LogP contribution in [0.5, 0.6) is 5.75 Å². The first-order chi connectivity index (χ1) is 12.6. The Bertz CT molecular complexity index is 960. The molecule has 1 aliphatic heterocycles. The van der Waals surface area contributed by atoms with Gasteiger partial charge in [0.15, 0.2) is 0 Å². The third-order valence-corrected chi connectivity index (χ3v) is 4.76. The zero-order chi connectivity index (χ0) is 18.3. The van der Waals surface area contributed by atoms with Gasteiger partial charge in [0, 0.05) is 28.3 Å². The van der Waals surface area contributed by atoms with Crippen LogP contribution >= 0.6 is 0 Å². The van der Waals surface area contributed by atoms with Crippen molar-refractivity contribution in [3.8, 4) is 5.75 Å². The smallest absolute Gasteiger partial charge is 0.262 e. The monoisotopic (exact) mass is 347 g/mol. The molecule has 0 spiro atoms. The quantitative estimate of drug-likeness (QED) is 0.738. The van der Waals surface area contributed by atoms with Gasteiger partial charge in [-0.25, -0.2) is 0 Å². The lowest BCUT2D eigenvalue weighted by Crippen LogP contribution is -2.43. The predicted octanol–water partition coefficient (Wildman–Crippen LogP) is 4.41. The van der Waals surface area contributed by atoms with Gasteiger partial charge >= 0.3 is 0 Å². The molecule has 1 aliphatic rings. The van der Waals surface area contributed by atoms with Crippen molar-refractivity contribution in [2.45, 2.75) is 20.0 Å². The summed E-state index contributed by atoms with van der Waals surface area (Å²) in [6.45, 7) is 4.05. The number of aromatic nitrogens is 1. The maximum atomic E-state index is 13.3. The molecule has 0 aliphatic carbocycles. The molecule has 2 aromatic carbocycles. The number of ether oxygens (including phenoxy) is 1. The molecule has 26 heavy (non-hydrogen) atoms. The average Bonchev–Trinajstić information content (AvgIpc) is 3.00. The van der Waals surface area contributed by atoms with Gasteiger partial charge in [-0.05, 0) is 56.3 Å². The number of benzene rings is 2. The Morgan fingerprint density at radius 2 is 1.77 bits per heavy atom. The number of hydrogen-bond donors (Lipinski definition) is 2. The maximum Gasteiger partial charge on any atom is 0.262 e. The van der Waals surface area contributed by atoms with Gasteiger partial charge < -0.3 is 15.0 Å². The number of aromatic amines is 1. The van der Waals surface area contributed by atoms with E-state index in [0.717, 1.165) is 34.1 Å². The third kappa shape index (κ3) is 2.62. The van der Waals surface area contributed by atoms with Gasteiger partial charge in [-0.2, -0.15) is 0 Å². The first-order valence-electron chi connectivity index (χ1n) is 8.58. The fourth-order valence-corrected chi connectivity index (χ4v) is 3.51. The van der Waals surface area contributed by atoms with E-state index in [4.69, 9.17) is 4.74 Å². The number of rotatable bonds is 3. The standard InChI is InChI=1S/C21H21N3O2/c1-13-12-18(14(2)22-13)20-23-19-7-5-4-6-17(19)21(25)24(20)15-8-10-16(26-3)11-9-15/h4-12,20,22-23H,1-3H3/t20-/m1/s1. The first kappa shape index (κ1) is 16.3. The topological polar surface area (TPSA) is 57.4 Å². The molecule has 1 amide bonds. The van der Waals surface area contributed by atoms with E-state index < -0.39 is 0 Å². The van der Waals surface area contributed by atoms with E-state index in [-0.39, 0.29) is 12.1 Å². The van der Waals surface area contributed by atoms with Gasteiger partial charge in [0.25, 0.3) is 5.91 Å². The van der Waals surface area contributed by atoms with Crippen LogP contribution in [-0.4, -0.2) is 18.0 Å². The number of carbonyl (C=O) groups is 1. The lowest BCUT2D eigenvalue weighted by molar-refractivity contribution is 0.0975. The Kier molecular flexibility index (Phi) is 3.92. The fraction of sp³-hybridized carbons (Fsp3) is 0.190. The fourth-order valence-electron chi connectivity index (χ4n) is 3.51.